The number of carbonyl (C=O) groups is 2. The number of aliphatic hydroxyl groups is 1. The number of ether oxygens (including phenoxy) is 1. The summed E-state index contributed by atoms with van der Waals surface area (Å²) in [4.78, 5) is 30.0. The molecule has 1 saturated carbocycles. The minimum atomic E-state index is -4.63. The van der Waals surface area contributed by atoms with E-state index in [0.717, 1.165) is 24.3 Å². The van der Waals surface area contributed by atoms with Crippen LogP contribution in [0.15, 0.2) is 66.9 Å². The van der Waals surface area contributed by atoms with E-state index < -0.39 is 46.5 Å². The molecule has 0 bridgehead atoms. The summed E-state index contributed by atoms with van der Waals surface area (Å²) in [7, 11) is 0. The molecule has 10 heteroatoms. The van der Waals surface area contributed by atoms with Gasteiger partial charge in [0.25, 0.3) is 0 Å². The number of aliphatic carboxylic acids is 1. The molecule has 0 radical (unpaired) electrons. The summed E-state index contributed by atoms with van der Waals surface area (Å²) in [6.07, 6.45) is -3.46. The third-order valence-electron chi connectivity index (χ3n) is 6.45. The van der Waals surface area contributed by atoms with E-state index in [1.54, 1.807) is 30.3 Å². The van der Waals surface area contributed by atoms with Crippen molar-refractivity contribution in [3.05, 3.63) is 94.3 Å². The first kappa shape index (κ1) is 22.4. The van der Waals surface area contributed by atoms with Gasteiger partial charge in [0, 0.05) is 12.3 Å². The summed E-state index contributed by atoms with van der Waals surface area (Å²) in [6.45, 7) is 0. The fourth-order valence-electron chi connectivity index (χ4n) is 5.09. The maximum absolute atomic E-state index is 13.6. The molecule has 5 rings (SSSR count). The van der Waals surface area contributed by atoms with Crippen LogP contribution in [0, 0.1) is 5.92 Å². The highest BCUT2D eigenvalue weighted by atomic mass is 35.5. The molecule has 2 N–H and O–H groups in total. The third kappa shape index (κ3) is 2.83. The number of carbonyl (C=O) groups excluding carboxylic acids is 1. The van der Waals surface area contributed by atoms with Crippen LogP contribution in [0.25, 0.3) is 0 Å². The van der Waals surface area contributed by atoms with Gasteiger partial charge in [-0.05, 0) is 23.3 Å². The summed E-state index contributed by atoms with van der Waals surface area (Å²) in [5, 5.41) is 22.1. The van der Waals surface area contributed by atoms with Gasteiger partial charge in [-0.15, -0.1) is 0 Å². The average molecular weight is 490 g/mol. The number of aromatic nitrogens is 1. The fourth-order valence-corrected chi connectivity index (χ4v) is 5.24. The average Bonchev–Trinajstić information content (AvgIpc) is 3.16. The Hall–Kier alpha value is -3.43. The van der Waals surface area contributed by atoms with Crippen LogP contribution in [-0.2, 0) is 27.0 Å². The number of pyridine rings is 1. The lowest BCUT2D eigenvalue weighted by atomic mass is 9.71. The normalized spacial score (nSPS) is 27.7. The van der Waals surface area contributed by atoms with E-state index >= 15 is 0 Å². The predicted molar refractivity (Wildman–Crippen MR) is 112 cm³/mol. The van der Waals surface area contributed by atoms with E-state index in [0.29, 0.717) is 5.56 Å². The Bertz CT molecular complexity index is 1310. The zero-order valence-electron chi connectivity index (χ0n) is 17.1. The number of halogens is 4. The van der Waals surface area contributed by atoms with Crippen LogP contribution >= 0.6 is 11.6 Å². The lowest BCUT2D eigenvalue weighted by Crippen LogP contribution is -2.51. The highest BCUT2D eigenvalue weighted by molar-refractivity contribution is 6.30. The number of carboxylic acid groups (broad SMARTS) is 1. The Labute approximate surface area is 195 Å². The number of Topliss-reactive ketones (excluding diaryl/α,β-unsaturated/α-hetero) is 1. The summed E-state index contributed by atoms with van der Waals surface area (Å²) in [6, 6.07) is 13.1. The third-order valence-corrected chi connectivity index (χ3v) is 6.65. The van der Waals surface area contributed by atoms with E-state index in [4.69, 9.17) is 16.3 Å². The summed E-state index contributed by atoms with van der Waals surface area (Å²) in [5.41, 5.74) is -5.58. The Kier molecular flexibility index (Phi) is 4.79. The molecule has 2 heterocycles. The minimum Gasteiger partial charge on any atom is -0.481 e. The quantitative estimate of drug-likeness (QED) is 0.533. The standard InChI is InChI=1S/C24H15ClF3NO5/c25-15-10-16-19(29-11-15)22(33)20(30)17(21(31)32)18(12-4-2-1-3-5-12)23(22,34-16)13-6-8-14(9-7-13)24(26,27)28/h1-11,17-18,33H,(H,31,32)/t17-,18-,22+,23+/m1/s1. The smallest absolute Gasteiger partial charge is 0.416 e. The van der Waals surface area contributed by atoms with Gasteiger partial charge in [0.05, 0.1) is 16.5 Å². The lowest BCUT2D eigenvalue weighted by Gasteiger charge is -2.39. The van der Waals surface area contributed by atoms with E-state index in [-0.39, 0.29) is 22.0 Å². The fraction of sp³-hybridized carbons (Fsp3) is 0.208. The van der Waals surface area contributed by atoms with Crippen molar-refractivity contribution in [3.8, 4) is 5.75 Å². The number of hydrogen-bond acceptors (Lipinski definition) is 5. The predicted octanol–water partition coefficient (Wildman–Crippen LogP) is 4.30. The van der Waals surface area contributed by atoms with Crippen LogP contribution in [0.5, 0.6) is 5.75 Å². The summed E-state index contributed by atoms with van der Waals surface area (Å²) in [5.74, 6) is -5.71. The maximum atomic E-state index is 13.6. The Balaban J connectivity index is 1.84. The Morgan fingerprint density at radius 1 is 1.09 bits per heavy atom. The maximum Gasteiger partial charge on any atom is 0.416 e. The van der Waals surface area contributed by atoms with Crippen molar-refractivity contribution in [1.29, 1.82) is 0 Å². The molecule has 4 atom stereocenters. The number of fused-ring (bicyclic) bond motifs is 3. The second kappa shape index (κ2) is 7.28. The van der Waals surface area contributed by atoms with E-state index in [1.807, 2.05) is 0 Å². The minimum absolute atomic E-state index is 0.0110. The van der Waals surface area contributed by atoms with Crippen LogP contribution in [0.3, 0.4) is 0 Å². The molecule has 0 saturated heterocycles. The van der Waals surface area contributed by atoms with Crippen molar-refractivity contribution >= 4 is 23.4 Å². The van der Waals surface area contributed by atoms with Gasteiger partial charge in [-0.2, -0.15) is 13.2 Å². The summed E-state index contributed by atoms with van der Waals surface area (Å²) < 4.78 is 45.9. The molecule has 3 aromatic rings. The number of alkyl halides is 3. The number of benzene rings is 2. The molecule has 2 aliphatic rings. The molecule has 34 heavy (non-hydrogen) atoms. The molecular weight excluding hydrogens is 475 g/mol. The monoisotopic (exact) mass is 489 g/mol. The first-order valence-electron chi connectivity index (χ1n) is 10.1. The topological polar surface area (TPSA) is 96.7 Å². The van der Waals surface area contributed by atoms with Crippen molar-refractivity contribution in [2.75, 3.05) is 0 Å². The number of hydrogen-bond donors (Lipinski definition) is 2. The van der Waals surface area contributed by atoms with Gasteiger partial charge < -0.3 is 14.9 Å². The van der Waals surface area contributed by atoms with Crippen LogP contribution in [-0.4, -0.2) is 26.9 Å². The molecule has 174 valence electrons. The van der Waals surface area contributed by atoms with Crippen molar-refractivity contribution in [2.45, 2.75) is 23.3 Å². The van der Waals surface area contributed by atoms with Gasteiger partial charge in [0.2, 0.25) is 5.60 Å². The molecule has 0 spiro atoms. The first-order valence-corrected chi connectivity index (χ1v) is 10.5. The molecule has 1 aliphatic carbocycles. The lowest BCUT2D eigenvalue weighted by molar-refractivity contribution is -0.155. The molecule has 0 unspecified atom stereocenters. The highest BCUT2D eigenvalue weighted by Gasteiger charge is 2.78. The van der Waals surface area contributed by atoms with Gasteiger partial charge in [-0.25, -0.2) is 0 Å². The largest absolute Gasteiger partial charge is 0.481 e. The number of rotatable bonds is 3. The molecule has 1 aromatic heterocycles. The zero-order chi connectivity index (χ0) is 24.5. The van der Waals surface area contributed by atoms with Crippen molar-refractivity contribution < 1.29 is 37.7 Å². The van der Waals surface area contributed by atoms with E-state index in [9.17, 15) is 33.0 Å². The summed E-state index contributed by atoms with van der Waals surface area (Å²) >= 11 is 6.03. The molecule has 0 amide bonds. The van der Waals surface area contributed by atoms with Crippen molar-refractivity contribution in [1.82, 2.24) is 4.98 Å². The highest BCUT2D eigenvalue weighted by Crippen LogP contribution is 2.66. The molecule has 6 nitrogen and oxygen atoms in total. The SMILES string of the molecule is O=C(O)[C@H]1C(=O)[C@@]2(O)c3ncc(Cl)cc3O[C@@]2(c2ccc(C(F)(F)F)cc2)[C@@H]1c1ccccc1. The second-order valence-corrected chi connectivity index (χ2v) is 8.63. The van der Waals surface area contributed by atoms with Crippen LogP contribution in [0.1, 0.15) is 28.3 Å². The molecule has 1 aliphatic heterocycles. The van der Waals surface area contributed by atoms with Gasteiger partial charge in [0.15, 0.2) is 11.4 Å². The van der Waals surface area contributed by atoms with Gasteiger partial charge in [-0.1, -0.05) is 54.1 Å². The van der Waals surface area contributed by atoms with Gasteiger partial charge in [-0.3, -0.25) is 14.6 Å². The van der Waals surface area contributed by atoms with E-state index in [1.165, 1.54) is 12.3 Å². The van der Waals surface area contributed by atoms with Crippen molar-refractivity contribution in [3.63, 3.8) is 0 Å². The van der Waals surface area contributed by atoms with Crippen LogP contribution < -0.4 is 4.74 Å². The molecular formula is C24H15ClF3NO5. The van der Waals surface area contributed by atoms with E-state index in [2.05, 4.69) is 4.98 Å². The number of nitrogens with zero attached hydrogens (tertiary/aromatic N) is 1. The molecule has 1 fully saturated rings. The second-order valence-electron chi connectivity index (χ2n) is 8.19. The molecule has 2 aromatic carbocycles. The van der Waals surface area contributed by atoms with Crippen molar-refractivity contribution in [2.24, 2.45) is 5.92 Å². The number of carboxylic acids is 1. The van der Waals surface area contributed by atoms with Gasteiger partial charge in [0.1, 0.15) is 17.4 Å². The zero-order valence-corrected chi connectivity index (χ0v) is 17.8. The Morgan fingerprint density at radius 3 is 2.32 bits per heavy atom. The van der Waals surface area contributed by atoms with Crippen LogP contribution in [0.2, 0.25) is 5.02 Å². The number of ketones is 1. The first-order chi connectivity index (χ1) is 16.0. The van der Waals surface area contributed by atoms with Crippen LogP contribution in [0.4, 0.5) is 13.2 Å². The Morgan fingerprint density at radius 2 is 1.74 bits per heavy atom. The van der Waals surface area contributed by atoms with Gasteiger partial charge >= 0.3 is 12.1 Å².